The van der Waals surface area contributed by atoms with Crippen LogP contribution < -0.4 is 0 Å². The van der Waals surface area contributed by atoms with Gasteiger partial charge in [-0.1, -0.05) is 13.2 Å². The van der Waals surface area contributed by atoms with Gasteiger partial charge in [-0.25, -0.2) is 9.59 Å². The predicted octanol–water partition coefficient (Wildman–Crippen LogP) is 2.47. The minimum absolute atomic E-state index is 0.189. The van der Waals surface area contributed by atoms with Gasteiger partial charge in [0.2, 0.25) is 0 Å². The molecule has 0 aliphatic rings. The summed E-state index contributed by atoms with van der Waals surface area (Å²) < 4.78 is 9.76. The minimum atomic E-state index is -1.47. The third-order valence-electron chi connectivity index (χ3n) is 4.57. The second-order valence-corrected chi connectivity index (χ2v) is 6.82. The van der Waals surface area contributed by atoms with Gasteiger partial charge in [-0.3, -0.25) is 20.2 Å². The smallest absolute Gasteiger partial charge is 0.336 e. The van der Waals surface area contributed by atoms with Crippen LogP contribution in [0.25, 0.3) is 0 Å². The Balaban J connectivity index is 1.81. The molecule has 0 aliphatic carbocycles. The number of esters is 2. The summed E-state index contributed by atoms with van der Waals surface area (Å²) in [6.07, 6.45) is -2.93. The number of benzene rings is 2. The van der Waals surface area contributed by atoms with Crippen molar-refractivity contribution < 1.29 is 39.1 Å². The molecule has 0 amide bonds. The highest BCUT2D eigenvalue weighted by Crippen LogP contribution is 2.25. The van der Waals surface area contributed by atoms with Gasteiger partial charge < -0.3 is 19.7 Å². The molecule has 0 saturated heterocycles. The summed E-state index contributed by atoms with van der Waals surface area (Å²) in [5.74, 6) is -1.96. The molecule has 12 nitrogen and oxygen atoms in total. The zero-order chi connectivity index (χ0) is 25.4. The lowest BCUT2D eigenvalue weighted by Gasteiger charge is -2.15. The predicted molar refractivity (Wildman–Crippen MR) is 116 cm³/mol. The Morgan fingerprint density at radius 2 is 1.03 bits per heavy atom. The number of nitro groups is 2. The van der Waals surface area contributed by atoms with Crippen LogP contribution in [0.4, 0.5) is 11.4 Å². The van der Waals surface area contributed by atoms with Gasteiger partial charge in [-0.2, -0.15) is 0 Å². The molecule has 0 aromatic heterocycles. The van der Waals surface area contributed by atoms with Crippen molar-refractivity contribution in [1.82, 2.24) is 0 Å². The Morgan fingerprint density at radius 3 is 1.29 bits per heavy atom. The minimum Gasteiger partial charge on any atom is -0.459 e. The van der Waals surface area contributed by atoms with E-state index in [1.165, 1.54) is 24.3 Å². The second-order valence-electron chi connectivity index (χ2n) is 6.82. The largest absolute Gasteiger partial charge is 0.459 e. The molecule has 2 atom stereocenters. The fourth-order valence-electron chi connectivity index (χ4n) is 2.64. The van der Waals surface area contributed by atoms with Crippen LogP contribution in [-0.4, -0.2) is 45.2 Å². The van der Waals surface area contributed by atoms with E-state index < -0.39 is 47.2 Å². The van der Waals surface area contributed by atoms with Crippen molar-refractivity contribution in [1.29, 1.82) is 0 Å². The van der Waals surface area contributed by atoms with Crippen LogP contribution in [0, 0.1) is 20.2 Å². The zero-order valence-corrected chi connectivity index (χ0v) is 17.7. The van der Waals surface area contributed by atoms with Crippen molar-refractivity contribution in [2.75, 3.05) is 13.2 Å². The Labute approximate surface area is 192 Å². The first-order chi connectivity index (χ1) is 16.0. The molecule has 2 aromatic rings. The van der Waals surface area contributed by atoms with Crippen LogP contribution in [0.15, 0.2) is 72.8 Å². The van der Waals surface area contributed by atoms with Crippen molar-refractivity contribution in [3.05, 3.63) is 104 Å². The standard InChI is InChI=1S/C22H20N2O10/c1-13(19(25)15-3-7-17(8-4-15)23(29)30)21(27)33-11-12-34-22(28)14(2)20(26)16-5-9-18(10-6-16)24(31)32/h3-10,19-20,25-26H,1-2,11-12H2. The number of aliphatic hydroxyl groups is 2. The summed E-state index contributed by atoms with van der Waals surface area (Å²) in [5.41, 5.74) is -0.667. The van der Waals surface area contributed by atoms with Gasteiger partial charge in [0.25, 0.3) is 11.4 Å². The highest BCUT2D eigenvalue weighted by atomic mass is 16.6. The summed E-state index contributed by atoms with van der Waals surface area (Å²) in [6.45, 7) is 6.11. The normalized spacial score (nSPS) is 12.2. The van der Waals surface area contributed by atoms with Crippen LogP contribution in [0.5, 0.6) is 0 Å². The first-order valence-corrected chi connectivity index (χ1v) is 9.59. The van der Waals surface area contributed by atoms with E-state index in [1.807, 2.05) is 0 Å². The van der Waals surface area contributed by atoms with E-state index in [1.54, 1.807) is 0 Å². The maximum absolute atomic E-state index is 12.0. The Kier molecular flexibility index (Phi) is 8.70. The van der Waals surface area contributed by atoms with Crippen molar-refractivity contribution in [2.45, 2.75) is 12.2 Å². The number of carbonyl (C=O) groups excluding carboxylic acids is 2. The third-order valence-corrected chi connectivity index (χ3v) is 4.57. The molecular weight excluding hydrogens is 452 g/mol. The number of carbonyl (C=O) groups is 2. The van der Waals surface area contributed by atoms with E-state index in [0.717, 1.165) is 24.3 Å². The molecule has 0 fully saturated rings. The summed E-state index contributed by atoms with van der Waals surface area (Å²) in [7, 11) is 0. The number of hydrogen-bond donors (Lipinski definition) is 2. The zero-order valence-electron chi connectivity index (χ0n) is 17.7. The maximum Gasteiger partial charge on any atom is 0.336 e. The van der Waals surface area contributed by atoms with E-state index in [2.05, 4.69) is 13.2 Å². The Hall–Kier alpha value is -4.42. The Morgan fingerprint density at radius 1 is 0.735 bits per heavy atom. The molecule has 34 heavy (non-hydrogen) atoms. The topological polar surface area (TPSA) is 179 Å². The average Bonchev–Trinajstić information content (AvgIpc) is 2.84. The third kappa shape index (κ3) is 6.54. The van der Waals surface area contributed by atoms with Gasteiger partial charge in [-0.15, -0.1) is 0 Å². The van der Waals surface area contributed by atoms with Crippen LogP contribution in [0.1, 0.15) is 23.3 Å². The maximum atomic E-state index is 12.0. The number of hydrogen-bond acceptors (Lipinski definition) is 10. The molecule has 178 valence electrons. The summed E-state index contributed by atoms with van der Waals surface area (Å²) in [4.78, 5) is 44.2. The fourth-order valence-corrected chi connectivity index (χ4v) is 2.64. The van der Waals surface area contributed by atoms with E-state index in [9.17, 15) is 40.0 Å². The number of aliphatic hydroxyl groups excluding tert-OH is 2. The molecular formula is C22H20N2O10. The average molecular weight is 472 g/mol. The van der Waals surface area contributed by atoms with Crippen molar-refractivity contribution in [3.8, 4) is 0 Å². The number of ether oxygens (including phenoxy) is 2. The van der Waals surface area contributed by atoms with Gasteiger partial charge in [-0.05, 0) is 35.4 Å². The summed E-state index contributed by atoms with van der Waals surface area (Å²) >= 11 is 0. The van der Waals surface area contributed by atoms with Gasteiger partial charge >= 0.3 is 11.9 Å². The number of nitrogens with zero attached hydrogens (tertiary/aromatic N) is 2. The quantitative estimate of drug-likeness (QED) is 0.162. The molecule has 2 rings (SSSR count). The SMILES string of the molecule is C=C(C(=O)OCCOC(=O)C(=C)C(O)c1ccc([N+](=O)[O-])cc1)C(O)c1ccc([N+](=O)[O-])cc1. The number of nitro benzene ring substituents is 2. The summed E-state index contributed by atoms with van der Waals surface area (Å²) in [6, 6.07) is 9.72. The lowest BCUT2D eigenvalue weighted by atomic mass is 10.0. The monoisotopic (exact) mass is 472 g/mol. The van der Waals surface area contributed by atoms with Gasteiger partial charge in [0.1, 0.15) is 25.4 Å². The number of rotatable bonds is 11. The highest BCUT2D eigenvalue weighted by Gasteiger charge is 2.22. The van der Waals surface area contributed by atoms with Crippen LogP contribution in [-0.2, 0) is 19.1 Å². The summed E-state index contributed by atoms with van der Waals surface area (Å²) in [5, 5.41) is 41.7. The molecule has 2 aromatic carbocycles. The van der Waals surface area contributed by atoms with Crippen molar-refractivity contribution in [3.63, 3.8) is 0 Å². The van der Waals surface area contributed by atoms with E-state index in [0.29, 0.717) is 0 Å². The van der Waals surface area contributed by atoms with Crippen molar-refractivity contribution in [2.24, 2.45) is 0 Å². The molecule has 0 bridgehead atoms. The molecule has 0 radical (unpaired) electrons. The van der Waals surface area contributed by atoms with Gasteiger partial charge in [0, 0.05) is 24.3 Å². The molecule has 12 heteroatoms. The molecule has 0 spiro atoms. The first kappa shape index (κ1) is 25.8. The molecule has 0 aliphatic heterocycles. The van der Waals surface area contributed by atoms with Crippen molar-refractivity contribution >= 4 is 23.3 Å². The molecule has 2 N–H and O–H groups in total. The van der Waals surface area contributed by atoms with Crippen LogP contribution >= 0.6 is 0 Å². The lowest BCUT2D eigenvalue weighted by molar-refractivity contribution is -0.385. The second kappa shape index (κ2) is 11.4. The lowest BCUT2D eigenvalue weighted by Crippen LogP contribution is -2.19. The van der Waals surface area contributed by atoms with Gasteiger partial charge in [0.05, 0.1) is 21.0 Å². The van der Waals surface area contributed by atoms with E-state index >= 15 is 0 Å². The highest BCUT2D eigenvalue weighted by molar-refractivity contribution is 5.90. The van der Waals surface area contributed by atoms with E-state index in [-0.39, 0.29) is 33.6 Å². The molecule has 2 unspecified atom stereocenters. The molecule has 0 heterocycles. The number of non-ortho nitro benzene ring substituents is 2. The van der Waals surface area contributed by atoms with Crippen LogP contribution in [0.2, 0.25) is 0 Å². The molecule has 0 saturated carbocycles. The van der Waals surface area contributed by atoms with Crippen LogP contribution in [0.3, 0.4) is 0 Å². The first-order valence-electron chi connectivity index (χ1n) is 9.59. The Bertz CT molecular complexity index is 1020. The van der Waals surface area contributed by atoms with E-state index in [4.69, 9.17) is 9.47 Å². The van der Waals surface area contributed by atoms with Gasteiger partial charge in [0.15, 0.2) is 0 Å². The fraction of sp³-hybridized carbons (Fsp3) is 0.182.